The number of anilines is 1. The van der Waals surface area contributed by atoms with E-state index in [2.05, 4.69) is 42.3 Å². The minimum atomic E-state index is -0.151. The molecule has 0 atom stereocenters. The average Bonchev–Trinajstić information content (AvgIpc) is 2.46. The van der Waals surface area contributed by atoms with Gasteiger partial charge < -0.3 is 16.0 Å². The van der Waals surface area contributed by atoms with E-state index in [4.69, 9.17) is 5.73 Å². The molecular formula is C16H25N3O. The Kier molecular flexibility index (Phi) is 5.01. The second kappa shape index (κ2) is 6.75. The van der Waals surface area contributed by atoms with Crippen LogP contribution in [0.1, 0.15) is 30.9 Å². The molecule has 2 rings (SSSR count). The monoisotopic (exact) mass is 275 g/mol. The molecule has 1 amide bonds. The third-order valence-electron chi connectivity index (χ3n) is 4.15. The van der Waals surface area contributed by atoms with Crippen LogP contribution in [0.15, 0.2) is 18.2 Å². The molecule has 4 nitrogen and oxygen atoms in total. The zero-order chi connectivity index (χ0) is 14.5. The van der Waals surface area contributed by atoms with Crippen LogP contribution in [0.4, 0.5) is 5.69 Å². The fourth-order valence-electron chi connectivity index (χ4n) is 2.76. The number of primary amides is 1. The van der Waals surface area contributed by atoms with Crippen LogP contribution in [-0.2, 0) is 11.3 Å². The topological polar surface area (TPSA) is 58.4 Å². The Labute approximate surface area is 121 Å². The fourth-order valence-corrected chi connectivity index (χ4v) is 2.76. The van der Waals surface area contributed by atoms with Gasteiger partial charge >= 0.3 is 0 Å². The van der Waals surface area contributed by atoms with E-state index in [0.717, 1.165) is 39.0 Å². The lowest BCUT2D eigenvalue weighted by atomic mass is 9.95. The molecule has 1 fully saturated rings. The van der Waals surface area contributed by atoms with E-state index in [9.17, 15) is 4.79 Å². The molecule has 1 saturated heterocycles. The molecule has 0 radical (unpaired) electrons. The highest BCUT2D eigenvalue weighted by Gasteiger charge is 2.23. The number of piperidine rings is 1. The Balaban J connectivity index is 2.00. The number of carbonyl (C=O) groups is 1. The highest BCUT2D eigenvalue weighted by atomic mass is 16.1. The van der Waals surface area contributed by atoms with Crippen molar-refractivity contribution in [1.82, 2.24) is 5.32 Å². The van der Waals surface area contributed by atoms with Crippen LogP contribution in [0.5, 0.6) is 0 Å². The average molecular weight is 275 g/mol. The maximum atomic E-state index is 11.2. The first kappa shape index (κ1) is 14.9. The van der Waals surface area contributed by atoms with Gasteiger partial charge in [-0.25, -0.2) is 0 Å². The van der Waals surface area contributed by atoms with Gasteiger partial charge in [-0.3, -0.25) is 4.79 Å². The zero-order valence-electron chi connectivity index (χ0n) is 12.5. The molecule has 0 spiro atoms. The summed E-state index contributed by atoms with van der Waals surface area (Å²) in [5, 5.41) is 3.36. The van der Waals surface area contributed by atoms with Gasteiger partial charge in [0.05, 0.1) is 0 Å². The minimum Gasteiger partial charge on any atom is -0.371 e. The summed E-state index contributed by atoms with van der Waals surface area (Å²) in [6.07, 6.45) is 1.74. The predicted octanol–water partition coefficient (Wildman–Crippen LogP) is 1.81. The minimum absolute atomic E-state index is 0.0559. The van der Waals surface area contributed by atoms with Crippen molar-refractivity contribution >= 4 is 11.6 Å². The lowest BCUT2D eigenvalue weighted by Gasteiger charge is -2.32. The summed E-state index contributed by atoms with van der Waals surface area (Å²) in [6, 6.07) is 6.63. The molecule has 1 aromatic rings. The Morgan fingerprint density at radius 1 is 1.40 bits per heavy atom. The van der Waals surface area contributed by atoms with E-state index in [-0.39, 0.29) is 11.8 Å². The van der Waals surface area contributed by atoms with Crippen molar-refractivity contribution in [2.45, 2.75) is 33.2 Å². The van der Waals surface area contributed by atoms with Gasteiger partial charge in [-0.2, -0.15) is 0 Å². The van der Waals surface area contributed by atoms with Crippen molar-refractivity contribution in [1.29, 1.82) is 0 Å². The maximum absolute atomic E-state index is 11.2. The van der Waals surface area contributed by atoms with Crippen molar-refractivity contribution in [3.05, 3.63) is 29.3 Å². The summed E-state index contributed by atoms with van der Waals surface area (Å²) in [5.41, 5.74) is 9.30. The van der Waals surface area contributed by atoms with Crippen molar-refractivity contribution < 1.29 is 4.79 Å². The SMILES string of the molecule is CCNCc1ccc(N2CCC(C(N)=O)CC2)cc1C. The van der Waals surface area contributed by atoms with Gasteiger partial charge in [0.15, 0.2) is 0 Å². The number of hydrogen-bond donors (Lipinski definition) is 2. The van der Waals surface area contributed by atoms with Crippen LogP contribution in [-0.4, -0.2) is 25.5 Å². The molecule has 0 aromatic heterocycles. The summed E-state index contributed by atoms with van der Waals surface area (Å²) < 4.78 is 0. The molecular weight excluding hydrogens is 250 g/mol. The highest BCUT2D eigenvalue weighted by Crippen LogP contribution is 2.25. The number of nitrogens with zero attached hydrogens (tertiary/aromatic N) is 1. The normalized spacial score (nSPS) is 16.4. The van der Waals surface area contributed by atoms with Gasteiger partial charge in [-0.15, -0.1) is 0 Å². The Morgan fingerprint density at radius 2 is 2.10 bits per heavy atom. The molecule has 0 unspecified atom stereocenters. The summed E-state index contributed by atoms with van der Waals surface area (Å²) in [4.78, 5) is 13.5. The fraction of sp³-hybridized carbons (Fsp3) is 0.562. The van der Waals surface area contributed by atoms with Gasteiger partial charge in [0.2, 0.25) is 5.91 Å². The standard InChI is InChI=1S/C16H25N3O/c1-3-18-11-14-4-5-15(10-12(14)2)19-8-6-13(7-9-19)16(17)20/h4-5,10,13,18H,3,6-9,11H2,1-2H3,(H2,17,20). The van der Waals surface area contributed by atoms with Crippen LogP contribution < -0.4 is 16.0 Å². The largest absolute Gasteiger partial charge is 0.371 e. The number of nitrogens with two attached hydrogens (primary N) is 1. The van der Waals surface area contributed by atoms with Gasteiger partial charge in [0.25, 0.3) is 0 Å². The van der Waals surface area contributed by atoms with Crippen LogP contribution in [0.2, 0.25) is 0 Å². The van der Waals surface area contributed by atoms with Crippen LogP contribution in [0, 0.1) is 12.8 Å². The van der Waals surface area contributed by atoms with E-state index in [1.807, 2.05) is 0 Å². The van der Waals surface area contributed by atoms with Crippen LogP contribution in [0.3, 0.4) is 0 Å². The number of amides is 1. The predicted molar refractivity (Wildman–Crippen MR) is 82.7 cm³/mol. The van der Waals surface area contributed by atoms with E-state index >= 15 is 0 Å². The number of hydrogen-bond acceptors (Lipinski definition) is 3. The summed E-state index contributed by atoms with van der Waals surface area (Å²) in [6.45, 7) is 8.02. The Bertz CT molecular complexity index is 465. The first-order valence-electron chi connectivity index (χ1n) is 7.46. The summed E-state index contributed by atoms with van der Waals surface area (Å²) in [7, 11) is 0. The summed E-state index contributed by atoms with van der Waals surface area (Å²) in [5.74, 6) is -0.0952. The molecule has 0 bridgehead atoms. The number of benzene rings is 1. The zero-order valence-corrected chi connectivity index (χ0v) is 12.5. The number of nitrogens with one attached hydrogen (secondary N) is 1. The van der Waals surface area contributed by atoms with E-state index < -0.39 is 0 Å². The Morgan fingerprint density at radius 3 is 2.65 bits per heavy atom. The van der Waals surface area contributed by atoms with Crippen LogP contribution in [0.25, 0.3) is 0 Å². The maximum Gasteiger partial charge on any atom is 0.220 e. The molecule has 110 valence electrons. The first-order valence-corrected chi connectivity index (χ1v) is 7.46. The van der Waals surface area contributed by atoms with Gasteiger partial charge in [-0.05, 0) is 49.6 Å². The molecule has 1 aromatic carbocycles. The smallest absolute Gasteiger partial charge is 0.220 e. The molecule has 1 heterocycles. The molecule has 3 N–H and O–H groups in total. The molecule has 1 aliphatic heterocycles. The van der Waals surface area contributed by atoms with Crippen molar-refractivity contribution in [3.8, 4) is 0 Å². The second-order valence-corrected chi connectivity index (χ2v) is 5.55. The third kappa shape index (κ3) is 3.51. The van der Waals surface area contributed by atoms with Crippen molar-refractivity contribution in [2.75, 3.05) is 24.5 Å². The molecule has 0 aliphatic carbocycles. The summed E-state index contributed by atoms with van der Waals surface area (Å²) >= 11 is 0. The number of carbonyl (C=O) groups excluding carboxylic acids is 1. The third-order valence-corrected chi connectivity index (χ3v) is 4.15. The van der Waals surface area contributed by atoms with E-state index in [0.29, 0.717) is 0 Å². The van der Waals surface area contributed by atoms with E-state index in [1.54, 1.807) is 0 Å². The molecule has 4 heteroatoms. The molecule has 0 saturated carbocycles. The van der Waals surface area contributed by atoms with Gasteiger partial charge in [0.1, 0.15) is 0 Å². The quantitative estimate of drug-likeness (QED) is 0.861. The molecule has 20 heavy (non-hydrogen) atoms. The van der Waals surface area contributed by atoms with Gasteiger partial charge in [-0.1, -0.05) is 13.0 Å². The van der Waals surface area contributed by atoms with Crippen molar-refractivity contribution in [2.24, 2.45) is 11.7 Å². The van der Waals surface area contributed by atoms with Crippen LogP contribution >= 0.6 is 0 Å². The Hall–Kier alpha value is -1.55. The highest BCUT2D eigenvalue weighted by molar-refractivity contribution is 5.77. The molecule has 1 aliphatic rings. The van der Waals surface area contributed by atoms with Gasteiger partial charge in [0, 0.05) is 31.2 Å². The lowest BCUT2D eigenvalue weighted by molar-refractivity contribution is -0.122. The number of aryl methyl sites for hydroxylation is 1. The second-order valence-electron chi connectivity index (χ2n) is 5.55. The first-order chi connectivity index (χ1) is 9.61. The lowest BCUT2D eigenvalue weighted by Crippen LogP contribution is -2.38. The number of rotatable bonds is 5. The van der Waals surface area contributed by atoms with E-state index in [1.165, 1.54) is 16.8 Å². The van der Waals surface area contributed by atoms with Crippen molar-refractivity contribution in [3.63, 3.8) is 0 Å².